The smallest absolute Gasteiger partial charge is 0.145 e. The predicted molar refractivity (Wildman–Crippen MR) is 90.5 cm³/mol. The Balaban J connectivity index is 1.54. The first-order chi connectivity index (χ1) is 11.2. The van der Waals surface area contributed by atoms with Gasteiger partial charge in [0.2, 0.25) is 0 Å². The molecule has 1 aromatic carbocycles. The van der Waals surface area contributed by atoms with Gasteiger partial charge in [0.1, 0.15) is 11.5 Å². The topological polar surface area (TPSA) is 54.4 Å². The molecule has 0 spiro atoms. The van der Waals surface area contributed by atoms with Crippen LogP contribution in [0.5, 0.6) is 11.5 Å². The number of rotatable bonds is 6. The molecule has 4 heteroatoms. The predicted octanol–water partition coefficient (Wildman–Crippen LogP) is 3.43. The highest BCUT2D eigenvalue weighted by Gasteiger charge is 2.24. The lowest BCUT2D eigenvalue weighted by molar-refractivity contribution is 0.131. The van der Waals surface area contributed by atoms with Crippen molar-refractivity contribution in [3.63, 3.8) is 0 Å². The summed E-state index contributed by atoms with van der Waals surface area (Å²) in [6.45, 7) is 3.75. The van der Waals surface area contributed by atoms with E-state index in [2.05, 4.69) is 29.4 Å². The van der Waals surface area contributed by atoms with Gasteiger partial charge in [-0.25, -0.2) is 0 Å². The summed E-state index contributed by atoms with van der Waals surface area (Å²) in [7, 11) is 0. The highest BCUT2D eigenvalue weighted by atomic mass is 16.5. The minimum atomic E-state index is -0.125. The van der Waals surface area contributed by atoms with Crippen molar-refractivity contribution in [1.82, 2.24) is 10.3 Å². The summed E-state index contributed by atoms with van der Waals surface area (Å²) in [5, 5.41) is 13.3. The molecule has 1 aromatic heterocycles. The minimum Gasteiger partial charge on any atom is -0.455 e. The molecule has 0 saturated heterocycles. The molecule has 0 amide bonds. The number of nitrogens with one attached hydrogen (secondary N) is 1. The van der Waals surface area contributed by atoms with Gasteiger partial charge in [-0.1, -0.05) is 18.6 Å². The molecule has 0 aliphatic heterocycles. The van der Waals surface area contributed by atoms with Crippen LogP contribution in [-0.4, -0.2) is 22.7 Å². The number of nitrogens with zero attached hydrogens (tertiary/aromatic N) is 1. The van der Waals surface area contributed by atoms with E-state index in [0.717, 1.165) is 49.4 Å². The lowest BCUT2D eigenvalue weighted by Crippen LogP contribution is -2.27. The molecule has 1 aliphatic rings. The van der Waals surface area contributed by atoms with Gasteiger partial charge in [0.05, 0.1) is 12.3 Å². The van der Waals surface area contributed by atoms with Crippen LogP contribution in [0.3, 0.4) is 0 Å². The van der Waals surface area contributed by atoms with Crippen LogP contribution in [-0.2, 0) is 6.54 Å². The van der Waals surface area contributed by atoms with E-state index in [1.54, 1.807) is 12.4 Å². The van der Waals surface area contributed by atoms with Gasteiger partial charge < -0.3 is 15.2 Å². The van der Waals surface area contributed by atoms with Crippen molar-refractivity contribution in [3.8, 4) is 11.5 Å². The summed E-state index contributed by atoms with van der Waals surface area (Å²) < 4.78 is 5.85. The summed E-state index contributed by atoms with van der Waals surface area (Å²) in [5.41, 5.74) is 2.34. The molecule has 2 N–H and O–H groups in total. The third-order valence-electron chi connectivity index (χ3n) is 4.46. The number of hydrogen-bond donors (Lipinski definition) is 2. The van der Waals surface area contributed by atoms with Crippen LogP contribution < -0.4 is 10.1 Å². The molecule has 122 valence electrons. The van der Waals surface area contributed by atoms with E-state index in [1.165, 1.54) is 5.56 Å². The number of aliphatic hydroxyl groups excluding tert-OH is 1. The molecule has 4 nitrogen and oxygen atoms in total. The Labute approximate surface area is 137 Å². The average Bonchev–Trinajstić information content (AvgIpc) is 2.96. The van der Waals surface area contributed by atoms with Crippen molar-refractivity contribution in [3.05, 3.63) is 53.9 Å². The first kappa shape index (κ1) is 16.0. The Morgan fingerprint density at radius 3 is 2.91 bits per heavy atom. The van der Waals surface area contributed by atoms with Crippen molar-refractivity contribution >= 4 is 0 Å². The minimum absolute atomic E-state index is 0.125. The number of aryl methyl sites for hydroxylation is 1. The number of hydrogen-bond acceptors (Lipinski definition) is 4. The number of aliphatic hydroxyl groups is 1. The van der Waals surface area contributed by atoms with E-state index >= 15 is 0 Å². The van der Waals surface area contributed by atoms with E-state index in [-0.39, 0.29) is 6.10 Å². The molecule has 1 aliphatic carbocycles. The second kappa shape index (κ2) is 7.57. The summed E-state index contributed by atoms with van der Waals surface area (Å²) in [6, 6.07) is 9.99. The van der Waals surface area contributed by atoms with E-state index < -0.39 is 0 Å². The maximum Gasteiger partial charge on any atom is 0.145 e. The lowest BCUT2D eigenvalue weighted by Gasteiger charge is -2.15. The number of aromatic nitrogens is 1. The Morgan fingerprint density at radius 2 is 2.22 bits per heavy atom. The van der Waals surface area contributed by atoms with E-state index in [9.17, 15) is 5.11 Å². The lowest BCUT2D eigenvalue weighted by atomic mass is 10.1. The normalized spacial score (nSPS) is 20.6. The van der Waals surface area contributed by atoms with Gasteiger partial charge in [0.15, 0.2) is 0 Å². The number of pyridine rings is 1. The van der Waals surface area contributed by atoms with E-state index in [0.29, 0.717) is 5.92 Å². The zero-order chi connectivity index (χ0) is 16.1. The molecule has 23 heavy (non-hydrogen) atoms. The first-order valence-electron chi connectivity index (χ1n) is 8.28. The molecule has 3 rings (SSSR count). The Kier molecular flexibility index (Phi) is 5.26. The van der Waals surface area contributed by atoms with Crippen LogP contribution in [0.2, 0.25) is 0 Å². The first-order valence-corrected chi connectivity index (χ1v) is 8.28. The molecule has 1 heterocycles. The van der Waals surface area contributed by atoms with Crippen LogP contribution in [0, 0.1) is 12.8 Å². The fraction of sp³-hybridized carbons (Fsp3) is 0.421. The third-order valence-corrected chi connectivity index (χ3v) is 4.46. The summed E-state index contributed by atoms with van der Waals surface area (Å²) in [4.78, 5) is 4.06. The van der Waals surface area contributed by atoms with Crippen molar-refractivity contribution in [2.45, 2.75) is 38.8 Å². The molecule has 0 radical (unpaired) electrons. The molecular weight excluding hydrogens is 288 g/mol. The second-order valence-electron chi connectivity index (χ2n) is 6.28. The fourth-order valence-electron chi connectivity index (χ4n) is 3.13. The second-order valence-corrected chi connectivity index (χ2v) is 6.28. The van der Waals surface area contributed by atoms with Crippen molar-refractivity contribution in [2.24, 2.45) is 5.92 Å². The molecule has 1 saturated carbocycles. The van der Waals surface area contributed by atoms with E-state index in [1.807, 2.05) is 18.2 Å². The standard InChI is InChI=1S/C19H24N2O2/c1-14-10-15(11-21-12-16-4-2-6-18(16)22)7-8-19(14)23-17-5-3-9-20-13-17/h3,5,7-10,13,16,18,21-22H,2,4,6,11-12H2,1H3. The molecular formula is C19H24N2O2. The summed E-state index contributed by atoms with van der Waals surface area (Å²) in [6.07, 6.45) is 6.54. The zero-order valence-corrected chi connectivity index (χ0v) is 13.5. The van der Waals surface area contributed by atoms with Gasteiger partial charge in [-0.15, -0.1) is 0 Å². The SMILES string of the molecule is Cc1cc(CNCC2CCCC2O)ccc1Oc1cccnc1. The van der Waals surface area contributed by atoms with Crippen LogP contribution >= 0.6 is 0 Å². The number of ether oxygens (including phenoxy) is 1. The highest BCUT2D eigenvalue weighted by molar-refractivity contribution is 5.39. The average molecular weight is 312 g/mol. The van der Waals surface area contributed by atoms with Crippen LogP contribution in [0.15, 0.2) is 42.7 Å². The Bertz CT molecular complexity index is 631. The molecule has 1 fully saturated rings. The molecule has 2 atom stereocenters. The van der Waals surface area contributed by atoms with Gasteiger partial charge in [-0.2, -0.15) is 0 Å². The highest BCUT2D eigenvalue weighted by Crippen LogP contribution is 2.26. The van der Waals surface area contributed by atoms with Crippen molar-refractivity contribution in [1.29, 1.82) is 0 Å². The Hall–Kier alpha value is -1.91. The van der Waals surface area contributed by atoms with E-state index in [4.69, 9.17) is 4.74 Å². The van der Waals surface area contributed by atoms with Crippen molar-refractivity contribution in [2.75, 3.05) is 6.54 Å². The molecule has 2 aromatic rings. The number of benzene rings is 1. The maximum atomic E-state index is 9.85. The van der Waals surface area contributed by atoms with Gasteiger partial charge in [-0.05, 0) is 55.0 Å². The maximum absolute atomic E-state index is 9.85. The summed E-state index contributed by atoms with van der Waals surface area (Å²) in [5.74, 6) is 2.01. The quantitative estimate of drug-likeness (QED) is 0.858. The fourth-order valence-corrected chi connectivity index (χ4v) is 3.13. The third kappa shape index (κ3) is 4.30. The molecule has 0 bridgehead atoms. The van der Waals surface area contributed by atoms with Crippen molar-refractivity contribution < 1.29 is 9.84 Å². The monoisotopic (exact) mass is 312 g/mol. The van der Waals surface area contributed by atoms with Gasteiger partial charge in [-0.3, -0.25) is 4.98 Å². The van der Waals surface area contributed by atoms with Crippen LogP contribution in [0.4, 0.5) is 0 Å². The zero-order valence-electron chi connectivity index (χ0n) is 13.5. The Morgan fingerprint density at radius 1 is 1.30 bits per heavy atom. The van der Waals surface area contributed by atoms with Crippen LogP contribution in [0.1, 0.15) is 30.4 Å². The van der Waals surface area contributed by atoms with Gasteiger partial charge >= 0.3 is 0 Å². The molecule has 2 unspecified atom stereocenters. The largest absolute Gasteiger partial charge is 0.455 e. The van der Waals surface area contributed by atoms with Gasteiger partial charge in [0.25, 0.3) is 0 Å². The summed E-state index contributed by atoms with van der Waals surface area (Å²) >= 11 is 0. The van der Waals surface area contributed by atoms with Gasteiger partial charge in [0, 0.05) is 19.3 Å². The van der Waals surface area contributed by atoms with Crippen LogP contribution in [0.25, 0.3) is 0 Å².